The molecule has 0 aliphatic carbocycles. The number of aromatic nitrogens is 2. The van der Waals surface area contributed by atoms with E-state index in [0.717, 1.165) is 37.7 Å². The molecule has 1 aromatic heterocycles. The predicted octanol–water partition coefficient (Wildman–Crippen LogP) is 2.00. The van der Waals surface area contributed by atoms with Crippen molar-refractivity contribution in [1.82, 2.24) is 15.1 Å². The molecule has 0 bridgehead atoms. The average Bonchev–Trinajstić information content (AvgIpc) is 3.29. The first kappa shape index (κ1) is 19.2. The first-order valence-corrected chi connectivity index (χ1v) is 10.1. The lowest BCUT2D eigenvalue weighted by atomic mass is 10.2. The first-order chi connectivity index (χ1) is 14.1. The zero-order chi connectivity index (χ0) is 20.2. The van der Waals surface area contributed by atoms with Crippen molar-refractivity contribution < 1.29 is 9.59 Å². The Morgan fingerprint density at radius 1 is 0.897 bits per heavy atom. The van der Waals surface area contributed by atoms with Crippen molar-refractivity contribution in [2.24, 2.45) is 0 Å². The van der Waals surface area contributed by atoms with Crippen LogP contribution in [0.15, 0.2) is 36.4 Å². The van der Waals surface area contributed by atoms with Gasteiger partial charge in [-0.3, -0.25) is 9.59 Å². The summed E-state index contributed by atoms with van der Waals surface area (Å²) < 4.78 is 0. The summed E-state index contributed by atoms with van der Waals surface area (Å²) in [6.07, 6.45) is 2.34. The van der Waals surface area contributed by atoms with Gasteiger partial charge in [0.25, 0.3) is 5.91 Å². The van der Waals surface area contributed by atoms with Crippen LogP contribution in [0.5, 0.6) is 0 Å². The average molecular weight is 394 g/mol. The van der Waals surface area contributed by atoms with Gasteiger partial charge in [0.15, 0.2) is 11.5 Å². The van der Waals surface area contributed by atoms with Crippen LogP contribution in [0.1, 0.15) is 30.3 Å². The van der Waals surface area contributed by atoms with Gasteiger partial charge in [-0.05, 0) is 43.2 Å². The molecule has 4 rings (SSSR count). The summed E-state index contributed by atoms with van der Waals surface area (Å²) in [6, 6.07) is 11.3. The molecule has 2 amide bonds. The molecule has 2 aliphatic heterocycles. The number of hydrogen-bond donors (Lipinski definition) is 1. The molecular weight excluding hydrogens is 368 g/mol. The lowest BCUT2D eigenvalue weighted by Crippen LogP contribution is -2.48. The lowest BCUT2D eigenvalue weighted by Gasteiger charge is -2.35. The van der Waals surface area contributed by atoms with E-state index in [4.69, 9.17) is 0 Å². The molecule has 152 valence electrons. The molecule has 0 atom stereocenters. The van der Waals surface area contributed by atoms with Crippen molar-refractivity contribution >= 4 is 29.0 Å². The molecule has 2 fully saturated rings. The van der Waals surface area contributed by atoms with E-state index in [2.05, 4.69) is 25.3 Å². The number of nitrogens with zero attached hydrogens (tertiary/aromatic N) is 5. The van der Waals surface area contributed by atoms with E-state index in [1.165, 1.54) is 12.8 Å². The highest BCUT2D eigenvalue weighted by Gasteiger charge is 2.19. The Hall–Kier alpha value is -3.16. The van der Waals surface area contributed by atoms with E-state index in [1.54, 1.807) is 13.0 Å². The number of amides is 2. The largest absolute Gasteiger partial charge is 0.368 e. The molecule has 1 aromatic carbocycles. The van der Waals surface area contributed by atoms with Gasteiger partial charge in [-0.25, -0.2) is 0 Å². The Bertz CT molecular complexity index is 871. The molecule has 0 unspecified atom stereocenters. The number of piperazine rings is 1. The SMILES string of the molecule is CC(=O)N1CCN(c2cccc(NC(=O)c3ccc(N4CCCC4)nn3)c2)CC1. The first-order valence-electron chi connectivity index (χ1n) is 10.1. The highest BCUT2D eigenvalue weighted by Crippen LogP contribution is 2.22. The number of anilines is 3. The van der Waals surface area contributed by atoms with Crippen LogP contribution in [0, 0.1) is 0 Å². The molecule has 2 saturated heterocycles. The highest BCUT2D eigenvalue weighted by atomic mass is 16.2. The van der Waals surface area contributed by atoms with Crippen LogP contribution in [-0.2, 0) is 4.79 Å². The van der Waals surface area contributed by atoms with Crippen LogP contribution in [0.25, 0.3) is 0 Å². The fourth-order valence-corrected chi connectivity index (χ4v) is 3.82. The van der Waals surface area contributed by atoms with Crippen molar-refractivity contribution in [3.63, 3.8) is 0 Å². The lowest BCUT2D eigenvalue weighted by molar-refractivity contribution is -0.129. The Labute approximate surface area is 170 Å². The quantitative estimate of drug-likeness (QED) is 0.854. The molecule has 0 spiro atoms. The van der Waals surface area contributed by atoms with Crippen molar-refractivity contribution in [1.29, 1.82) is 0 Å². The normalized spacial score (nSPS) is 16.8. The fraction of sp³-hybridized carbons (Fsp3) is 0.429. The summed E-state index contributed by atoms with van der Waals surface area (Å²) in [6.45, 7) is 6.57. The maximum Gasteiger partial charge on any atom is 0.276 e. The molecule has 0 radical (unpaired) electrons. The van der Waals surface area contributed by atoms with Gasteiger partial charge in [0.05, 0.1) is 0 Å². The molecule has 0 saturated carbocycles. The number of carbonyl (C=O) groups excluding carboxylic acids is 2. The minimum Gasteiger partial charge on any atom is -0.368 e. The van der Waals surface area contributed by atoms with E-state index in [0.29, 0.717) is 24.5 Å². The van der Waals surface area contributed by atoms with E-state index in [-0.39, 0.29) is 11.8 Å². The van der Waals surface area contributed by atoms with Gasteiger partial charge in [0.1, 0.15) is 0 Å². The van der Waals surface area contributed by atoms with Crippen LogP contribution >= 0.6 is 0 Å². The van der Waals surface area contributed by atoms with Crippen molar-refractivity contribution in [3.05, 3.63) is 42.1 Å². The Morgan fingerprint density at radius 2 is 1.66 bits per heavy atom. The summed E-state index contributed by atoms with van der Waals surface area (Å²) >= 11 is 0. The third kappa shape index (κ3) is 4.47. The monoisotopic (exact) mass is 394 g/mol. The second kappa shape index (κ2) is 8.46. The zero-order valence-corrected chi connectivity index (χ0v) is 16.7. The van der Waals surface area contributed by atoms with Crippen molar-refractivity contribution in [2.75, 3.05) is 54.4 Å². The number of hydrogen-bond acceptors (Lipinski definition) is 6. The van der Waals surface area contributed by atoms with E-state index < -0.39 is 0 Å². The van der Waals surface area contributed by atoms with Crippen LogP contribution in [0.3, 0.4) is 0 Å². The summed E-state index contributed by atoms with van der Waals surface area (Å²) in [4.78, 5) is 30.3. The van der Waals surface area contributed by atoms with Gasteiger partial charge in [-0.1, -0.05) is 6.07 Å². The molecule has 3 heterocycles. The van der Waals surface area contributed by atoms with E-state index >= 15 is 0 Å². The van der Waals surface area contributed by atoms with Crippen LogP contribution in [0.4, 0.5) is 17.2 Å². The molecule has 2 aromatic rings. The molecule has 8 heteroatoms. The predicted molar refractivity (Wildman–Crippen MR) is 112 cm³/mol. The Kier molecular flexibility index (Phi) is 5.59. The summed E-state index contributed by atoms with van der Waals surface area (Å²) in [7, 11) is 0. The molecule has 8 nitrogen and oxygen atoms in total. The highest BCUT2D eigenvalue weighted by molar-refractivity contribution is 6.03. The fourth-order valence-electron chi connectivity index (χ4n) is 3.82. The third-order valence-electron chi connectivity index (χ3n) is 5.51. The second-order valence-corrected chi connectivity index (χ2v) is 7.47. The minimum atomic E-state index is -0.274. The molecule has 29 heavy (non-hydrogen) atoms. The van der Waals surface area contributed by atoms with Crippen LogP contribution < -0.4 is 15.1 Å². The van der Waals surface area contributed by atoms with Gasteiger partial charge in [-0.15, -0.1) is 10.2 Å². The summed E-state index contributed by atoms with van der Waals surface area (Å²) in [5, 5.41) is 11.2. The molecule has 2 aliphatic rings. The van der Waals surface area contributed by atoms with Gasteiger partial charge >= 0.3 is 0 Å². The molecule has 1 N–H and O–H groups in total. The summed E-state index contributed by atoms with van der Waals surface area (Å²) in [5.41, 5.74) is 2.04. The van der Waals surface area contributed by atoms with Crippen molar-refractivity contribution in [2.45, 2.75) is 19.8 Å². The van der Waals surface area contributed by atoms with Gasteiger partial charge < -0.3 is 20.0 Å². The van der Waals surface area contributed by atoms with Gasteiger partial charge in [0, 0.05) is 57.6 Å². The summed E-state index contributed by atoms with van der Waals surface area (Å²) in [5.74, 6) is 0.664. The smallest absolute Gasteiger partial charge is 0.276 e. The Balaban J connectivity index is 1.38. The van der Waals surface area contributed by atoms with Crippen LogP contribution in [-0.4, -0.2) is 66.2 Å². The number of carbonyl (C=O) groups is 2. The zero-order valence-electron chi connectivity index (χ0n) is 16.7. The van der Waals surface area contributed by atoms with Crippen LogP contribution in [0.2, 0.25) is 0 Å². The topological polar surface area (TPSA) is 81.7 Å². The second-order valence-electron chi connectivity index (χ2n) is 7.47. The van der Waals surface area contributed by atoms with Gasteiger partial charge in [-0.2, -0.15) is 0 Å². The van der Waals surface area contributed by atoms with E-state index in [1.807, 2.05) is 35.2 Å². The number of nitrogens with one attached hydrogen (secondary N) is 1. The van der Waals surface area contributed by atoms with Crippen molar-refractivity contribution in [3.8, 4) is 0 Å². The maximum absolute atomic E-state index is 12.6. The maximum atomic E-state index is 12.6. The third-order valence-corrected chi connectivity index (χ3v) is 5.51. The standard InChI is InChI=1S/C21H26N6O2/c1-16(28)25-11-13-26(14-12-25)18-6-4-5-17(15-18)22-21(29)19-7-8-20(24-23-19)27-9-2-3-10-27/h4-8,15H,2-3,9-14H2,1H3,(H,22,29). The van der Waals surface area contributed by atoms with E-state index in [9.17, 15) is 9.59 Å². The van der Waals surface area contributed by atoms with Gasteiger partial charge in [0.2, 0.25) is 5.91 Å². The molecular formula is C21H26N6O2. The number of benzene rings is 1. The number of rotatable bonds is 4. The Morgan fingerprint density at radius 3 is 2.31 bits per heavy atom. The minimum absolute atomic E-state index is 0.113.